The van der Waals surface area contributed by atoms with Crippen LogP contribution >= 0.6 is 0 Å². The summed E-state index contributed by atoms with van der Waals surface area (Å²) in [5.41, 5.74) is 0.366. The normalized spacial score (nSPS) is 11.0. The highest BCUT2D eigenvalue weighted by molar-refractivity contribution is 5.90. The number of hydrogen-bond acceptors (Lipinski definition) is 3. The molecule has 0 aromatic heterocycles. The molecule has 0 fully saturated rings. The summed E-state index contributed by atoms with van der Waals surface area (Å²) in [6, 6.07) is 6.08. The Kier molecular flexibility index (Phi) is 6.68. The summed E-state index contributed by atoms with van der Waals surface area (Å²) in [5, 5.41) is 10.8. The lowest BCUT2D eigenvalue weighted by Gasteiger charge is -2.09. The first-order valence-electron chi connectivity index (χ1n) is 6.57. The summed E-state index contributed by atoms with van der Waals surface area (Å²) in [7, 11) is 0. The number of halogens is 3. The zero-order valence-corrected chi connectivity index (χ0v) is 11.7. The Hall–Kier alpha value is -2.25. The molecule has 0 spiro atoms. The molecule has 0 saturated heterocycles. The lowest BCUT2D eigenvalue weighted by molar-refractivity contribution is -0.142. The van der Waals surface area contributed by atoms with Crippen LogP contribution in [0.1, 0.15) is 25.7 Å². The third-order valence-electron chi connectivity index (χ3n) is 2.58. The number of benzene rings is 1. The van der Waals surface area contributed by atoms with E-state index in [1.165, 1.54) is 12.1 Å². The number of alkyl halides is 3. The Balaban J connectivity index is 2.35. The number of ether oxygens (including phenoxy) is 1. The van der Waals surface area contributed by atoms with Crippen LogP contribution in [0, 0.1) is 0 Å². The molecule has 22 heavy (non-hydrogen) atoms. The molecule has 0 heterocycles. The van der Waals surface area contributed by atoms with Crippen molar-refractivity contribution in [1.82, 2.24) is 0 Å². The zero-order valence-electron chi connectivity index (χ0n) is 11.7. The zero-order chi connectivity index (χ0) is 16.6. The highest BCUT2D eigenvalue weighted by Crippen LogP contribution is 2.22. The van der Waals surface area contributed by atoms with Crippen molar-refractivity contribution in [3.63, 3.8) is 0 Å². The van der Waals surface area contributed by atoms with Gasteiger partial charge in [0.05, 0.1) is 13.0 Å². The average molecular weight is 319 g/mol. The van der Waals surface area contributed by atoms with Crippen molar-refractivity contribution >= 4 is 17.6 Å². The van der Waals surface area contributed by atoms with Crippen LogP contribution in [0.4, 0.5) is 18.9 Å². The van der Waals surface area contributed by atoms with Crippen LogP contribution < -0.4 is 10.1 Å². The standard InChI is InChI=1S/C14H16F3NO4/c15-14(16,17)8-7-12(19)18-10-3-5-11(6-4-10)22-9-1-2-13(20)21/h3-6H,1-2,7-9H2,(H,18,19)(H,20,21). The molecule has 0 aliphatic rings. The maximum atomic E-state index is 12.0. The molecule has 0 aliphatic heterocycles. The highest BCUT2D eigenvalue weighted by atomic mass is 19.4. The number of hydrogen-bond donors (Lipinski definition) is 2. The van der Waals surface area contributed by atoms with Gasteiger partial charge in [-0.3, -0.25) is 9.59 Å². The van der Waals surface area contributed by atoms with E-state index in [2.05, 4.69) is 5.32 Å². The van der Waals surface area contributed by atoms with Gasteiger partial charge in [-0.1, -0.05) is 0 Å². The molecule has 5 nitrogen and oxygen atoms in total. The third-order valence-corrected chi connectivity index (χ3v) is 2.58. The Morgan fingerprint density at radius 2 is 1.77 bits per heavy atom. The van der Waals surface area contributed by atoms with Crippen LogP contribution in [0.25, 0.3) is 0 Å². The SMILES string of the molecule is O=C(O)CCCOc1ccc(NC(=O)CCC(F)(F)F)cc1. The fraction of sp³-hybridized carbons (Fsp3) is 0.429. The van der Waals surface area contributed by atoms with Crippen LogP contribution in [0.5, 0.6) is 5.75 Å². The van der Waals surface area contributed by atoms with Crippen molar-refractivity contribution in [3.8, 4) is 5.75 Å². The van der Waals surface area contributed by atoms with Gasteiger partial charge in [0.1, 0.15) is 5.75 Å². The molecule has 0 saturated carbocycles. The van der Waals surface area contributed by atoms with Crippen molar-refractivity contribution < 1.29 is 32.6 Å². The van der Waals surface area contributed by atoms with Gasteiger partial charge < -0.3 is 15.2 Å². The number of carbonyl (C=O) groups excluding carboxylic acids is 1. The van der Waals surface area contributed by atoms with Crippen molar-refractivity contribution in [2.24, 2.45) is 0 Å². The molecule has 1 aromatic carbocycles. The minimum Gasteiger partial charge on any atom is -0.494 e. The number of carboxylic acids is 1. The first-order valence-corrected chi connectivity index (χ1v) is 6.57. The minimum absolute atomic E-state index is 0.00729. The molecule has 1 rings (SSSR count). The van der Waals surface area contributed by atoms with Crippen molar-refractivity contribution in [2.45, 2.75) is 31.9 Å². The summed E-state index contributed by atoms with van der Waals surface area (Å²) in [4.78, 5) is 21.6. The largest absolute Gasteiger partial charge is 0.494 e. The monoisotopic (exact) mass is 319 g/mol. The number of nitrogens with one attached hydrogen (secondary N) is 1. The van der Waals surface area contributed by atoms with Crippen LogP contribution in [0.2, 0.25) is 0 Å². The van der Waals surface area contributed by atoms with Crippen LogP contribution in [0.15, 0.2) is 24.3 Å². The molecule has 0 unspecified atom stereocenters. The molecular formula is C14H16F3NO4. The summed E-state index contributed by atoms with van der Waals surface area (Å²) in [6.07, 6.45) is -5.77. The lowest BCUT2D eigenvalue weighted by Crippen LogP contribution is -2.16. The van der Waals surface area contributed by atoms with Gasteiger partial charge in [0.25, 0.3) is 0 Å². The van der Waals surface area contributed by atoms with Crippen LogP contribution in [-0.4, -0.2) is 29.8 Å². The molecule has 0 aliphatic carbocycles. The van der Waals surface area contributed by atoms with E-state index in [9.17, 15) is 22.8 Å². The van der Waals surface area contributed by atoms with Gasteiger partial charge in [-0.05, 0) is 30.7 Å². The molecule has 0 bridgehead atoms. The van der Waals surface area contributed by atoms with Gasteiger partial charge in [0.15, 0.2) is 0 Å². The highest BCUT2D eigenvalue weighted by Gasteiger charge is 2.27. The molecule has 1 aromatic rings. The Morgan fingerprint density at radius 1 is 1.14 bits per heavy atom. The second kappa shape index (κ2) is 8.26. The van der Waals surface area contributed by atoms with E-state index < -0.39 is 30.9 Å². The summed E-state index contributed by atoms with van der Waals surface area (Å²) >= 11 is 0. The number of carbonyl (C=O) groups is 2. The van der Waals surface area contributed by atoms with Crippen molar-refractivity contribution in [2.75, 3.05) is 11.9 Å². The molecule has 2 N–H and O–H groups in total. The van der Waals surface area contributed by atoms with Gasteiger partial charge in [-0.15, -0.1) is 0 Å². The number of anilines is 1. The fourth-order valence-corrected chi connectivity index (χ4v) is 1.53. The van der Waals surface area contributed by atoms with E-state index in [0.717, 1.165) is 0 Å². The molecular weight excluding hydrogens is 303 g/mol. The molecule has 122 valence electrons. The van der Waals surface area contributed by atoms with Crippen LogP contribution in [-0.2, 0) is 9.59 Å². The van der Waals surface area contributed by atoms with Gasteiger partial charge in [-0.2, -0.15) is 13.2 Å². The van der Waals surface area contributed by atoms with E-state index in [4.69, 9.17) is 9.84 Å². The number of rotatable bonds is 8. The predicted molar refractivity (Wildman–Crippen MR) is 72.7 cm³/mol. The number of carboxylic acid groups (broad SMARTS) is 1. The quantitative estimate of drug-likeness (QED) is 0.721. The first kappa shape index (κ1) is 17.8. The molecule has 1 amide bonds. The Morgan fingerprint density at radius 3 is 2.32 bits per heavy atom. The average Bonchev–Trinajstić information content (AvgIpc) is 2.42. The van der Waals surface area contributed by atoms with Gasteiger partial charge in [-0.25, -0.2) is 0 Å². The second-order valence-electron chi connectivity index (χ2n) is 4.53. The lowest BCUT2D eigenvalue weighted by atomic mass is 10.2. The van der Waals surface area contributed by atoms with E-state index in [1.807, 2.05) is 0 Å². The minimum atomic E-state index is -4.36. The van der Waals surface area contributed by atoms with Gasteiger partial charge in [0, 0.05) is 18.5 Å². The molecule has 8 heteroatoms. The van der Waals surface area contributed by atoms with E-state index in [0.29, 0.717) is 17.9 Å². The third kappa shape index (κ3) is 8.13. The maximum absolute atomic E-state index is 12.0. The van der Waals surface area contributed by atoms with E-state index >= 15 is 0 Å². The van der Waals surface area contributed by atoms with Gasteiger partial charge in [0.2, 0.25) is 5.91 Å². The smallest absolute Gasteiger partial charge is 0.389 e. The Bertz CT molecular complexity index is 500. The predicted octanol–water partition coefficient (Wildman–Crippen LogP) is 3.21. The van der Waals surface area contributed by atoms with E-state index in [-0.39, 0.29) is 13.0 Å². The van der Waals surface area contributed by atoms with Crippen LogP contribution in [0.3, 0.4) is 0 Å². The topological polar surface area (TPSA) is 75.6 Å². The number of aliphatic carboxylic acids is 1. The Labute approximate surface area is 125 Å². The fourth-order valence-electron chi connectivity index (χ4n) is 1.53. The van der Waals surface area contributed by atoms with E-state index in [1.54, 1.807) is 12.1 Å². The molecule has 0 radical (unpaired) electrons. The first-order chi connectivity index (χ1) is 10.3. The molecule has 0 atom stereocenters. The van der Waals surface area contributed by atoms with Gasteiger partial charge >= 0.3 is 12.1 Å². The van der Waals surface area contributed by atoms with Crippen molar-refractivity contribution in [1.29, 1.82) is 0 Å². The summed E-state index contributed by atoms with van der Waals surface area (Å²) in [6.45, 7) is 0.240. The summed E-state index contributed by atoms with van der Waals surface area (Å²) in [5.74, 6) is -1.13. The number of amides is 1. The summed E-state index contributed by atoms with van der Waals surface area (Å²) < 4.78 is 41.2. The maximum Gasteiger partial charge on any atom is 0.389 e. The second-order valence-corrected chi connectivity index (χ2v) is 4.53. The van der Waals surface area contributed by atoms with Crippen molar-refractivity contribution in [3.05, 3.63) is 24.3 Å².